The van der Waals surface area contributed by atoms with E-state index in [2.05, 4.69) is 15.0 Å². The minimum Gasteiger partial charge on any atom is -0.358 e. The maximum absolute atomic E-state index is 12.7. The van der Waals surface area contributed by atoms with Crippen LogP contribution in [0.2, 0.25) is 10.0 Å². The van der Waals surface area contributed by atoms with Gasteiger partial charge in [-0.25, -0.2) is 8.42 Å². The first-order valence-corrected chi connectivity index (χ1v) is 10.3. The van der Waals surface area contributed by atoms with Crippen molar-refractivity contribution in [3.8, 4) is 0 Å². The van der Waals surface area contributed by atoms with E-state index in [1.54, 1.807) is 30.5 Å². The molecule has 9 heteroatoms. The predicted molar refractivity (Wildman–Crippen MR) is 108 cm³/mol. The van der Waals surface area contributed by atoms with Crippen LogP contribution in [0.5, 0.6) is 0 Å². The summed E-state index contributed by atoms with van der Waals surface area (Å²) in [6.07, 6.45) is 2.17. The number of hydrogen-bond acceptors (Lipinski definition) is 3. The average Bonchev–Trinajstić information content (AvgIpc) is 3.00. The SMILES string of the molecule is CC(=O)NCCc1ccc(S(=O)(=O)Nc2ccc(Cl)c3c(Cl)c[nH]c23)cc1. The molecule has 0 atom stereocenters. The molecule has 1 heterocycles. The molecule has 0 spiro atoms. The molecule has 6 nitrogen and oxygen atoms in total. The molecule has 27 heavy (non-hydrogen) atoms. The summed E-state index contributed by atoms with van der Waals surface area (Å²) in [5.41, 5.74) is 1.80. The van der Waals surface area contributed by atoms with Crippen LogP contribution in [0, 0.1) is 0 Å². The molecule has 0 saturated heterocycles. The first kappa shape index (κ1) is 19.5. The highest BCUT2D eigenvalue weighted by Crippen LogP contribution is 2.35. The summed E-state index contributed by atoms with van der Waals surface area (Å²) < 4.78 is 28.0. The first-order valence-electron chi connectivity index (χ1n) is 8.09. The Morgan fingerprint density at radius 2 is 1.78 bits per heavy atom. The molecule has 1 aromatic heterocycles. The predicted octanol–water partition coefficient (Wildman–Crippen LogP) is 3.95. The van der Waals surface area contributed by atoms with Crippen LogP contribution in [0.15, 0.2) is 47.5 Å². The van der Waals surface area contributed by atoms with Gasteiger partial charge >= 0.3 is 0 Å². The molecule has 3 rings (SSSR count). The smallest absolute Gasteiger partial charge is 0.261 e. The zero-order valence-corrected chi connectivity index (χ0v) is 16.7. The summed E-state index contributed by atoms with van der Waals surface area (Å²) in [6, 6.07) is 9.67. The number of halogens is 2. The summed E-state index contributed by atoms with van der Waals surface area (Å²) in [4.78, 5) is 14.0. The van der Waals surface area contributed by atoms with Crippen molar-refractivity contribution in [3.05, 3.63) is 58.2 Å². The molecule has 0 unspecified atom stereocenters. The van der Waals surface area contributed by atoms with Gasteiger partial charge in [-0.2, -0.15) is 0 Å². The van der Waals surface area contributed by atoms with Gasteiger partial charge in [0, 0.05) is 25.1 Å². The number of H-pyrrole nitrogens is 1. The number of hydrogen-bond donors (Lipinski definition) is 3. The van der Waals surface area contributed by atoms with E-state index in [1.165, 1.54) is 19.1 Å². The number of carbonyl (C=O) groups excluding carboxylic acids is 1. The fourth-order valence-electron chi connectivity index (χ4n) is 2.68. The van der Waals surface area contributed by atoms with E-state index < -0.39 is 10.0 Å². The van der Waals surface area contributed by atoms with Crippen LogP contribution in [0.3, 0.4) is 0 Å². The molecular weight excluding hydrogens is 409 g/mol. The van der Waals surface area contributed by atoms with E-state index in [-0.39, 0.29) is 10.8 Å². The third-order valence-corrected chi connectivity index (χ3v) is 6.00. The molecule has 0 bridgehead atoms. The molecule has 0 radical (unpaired) electrons. The second kappa shape index (κ2) is 7.80. The minimum atomic E-state index is -3.78. The van der Waals surface area contributed by atoms with Gasteiger partial charge in [-0.1, -0.05) is 35.3 Å². The maximum atomic E-state index is 12.7. The van der Waals surface area contributed by atoms with Crippen molar-refractivity contribution in [2.75, 3.05) is 11.3 Å². The monoisotopic (exact) mass is 425 g/mol. The Hall–Kier alpha value is -2.22. The van der Waals surface area contributed by atoms with Gasteiger partial charge in [0.15, 0.2) is 0 Å². The van der Waals surface area contributed by atoms with Crippen LogP contribution >= 0.6 is 23.2 Å². The zero-order chi connectivity index (χ0) is 19.6. The van der Waals surface area contributed by atoms with Crippen molar-refractivity contribution in [1.82, 2.24) is 10.3 Å². The number of amides is 1. The molecule has 1 amide bonds. The minimum absolute atomic E-state index is 0.0999. The summed E-state index contributed by atoms with van der Waals surface area (Å²) >= 11 is 12.2. The highest BCUT2D eigenvalue weighted by atomic mass is 35.5. The first-order chi connectivity index (χ1) is 12.8. The molecule has 142 valence electrons. The van der Waals surface area contributed by atoms with Crippen molar-refractivity contribution in [2.24, 2.45) is 0 Å². The summed E-state index contributed by atoms with van der Waals surface area (Å²) in [7, 11) is -3.78. The quantitative estimate of drug-likeness (QED) is 0.558. The van der Waals surface area contributed by atoms with Crippen molar-refractivity contribution < 1.29 is 13.2 Å². The van der Waals surface area contributed by atoms with Crippen molar-refractivity contribution in [2.45, 2.75) is 18.2 Å². The lowest BCUT2D eigenvalue weighted by Gasteiger charge is -2.10. The molecule has 3 N–H and O–H groups in total. The number of aromatic nitrogens is 1. The summed E-state index contributed by atoms with van der Waals surface area (Å²) in [5.74, 6) is -0.0999. The number of carbonyl (C=O) groups is 1. The van der Waals surface area contributed by atoms with E-state index in [9.17, 15) is 13.2 Å². The number of rotatable bonds is 6. The van der Waals surface area contributed by atoms with Crippen LogP contribution in [-0.4, -0.2) is 25.9 Å². The Labute approximate surface area is 166 Å². The van der Waals surface area contributed by atoms with Crippen molar-refractivity contribution in [3.63, 3.8) is 0 Å². The summed E-state index contributed by atoms with van der Waals surface area (Å²) in [5, 5.41) is 4.11. The number of fused-ring (bicyclic) bond motifs is 1. The van der Waals surface area contributed by atoms with Gasteiger partial charge in [-0.05, 0) is 36.2 Å². The van der Waals surface area contributed by atoms with Crippen molar-refractivity contribution >= 4 is 55.7 Å². The number of nitrogens with one attached hydrogen (secondary N) is 3. The zero-order valence-electron chi connectivity index (χ0n) is 14.3. The Morgan fingerprint density at radius 3 is 2.44 bits per heavy atom. The standard InChI is InChI=1S/C18H17Cl2N3O3S/c1-11(24)21-9-8-12-2-4-13(5-3-12)27(25,26)23-16-7-6-14(19)17-15(20)10-22-18(16)17/h2-7,10,22-23H,8-9H2,1H3,(H,21,24). The number of aromatic amines is 1. The average molecular weight is 426 g/mol. The Bertz CT molecular complexity index is 1090. The van der Waals surface area contributed by atoms with Gasteiger partial charge in [0.05, 0.1) is 26.1 Å². The number of sulfonamides is 1. The molecule has 0 fully saturated rings. The molecule has 2 aromatic carbocycles. The van der Waals surface area contributed by atoms with Crippen molar-refractivity contribution in [1.29, 1.82) is 0 Å². The number of benzene rings is 2. The molecule has 3 aromatic rings. The fraction of sp³-hybridized carbons (Fsp3) is 0.167. The lowest BCUT2D eigenvalue weighted by Crippen LogP contribution is -2.22. The topological polar surface area (TPSA) is 91.1 Å². The lowest BCUT2D eigenvalue weighted by molar-refractivity contribution is -0.118. The molecule has 0 aliphatic rings. The maximum Gasteiger partial charge on any atom is 0.261 e. The third kappa shape index (κ3) is 4.37. The molecule has 0 aliphatic carbocycles. The van der Waals surface area contributed by atoms with Gasteiger partial charge in [-0.3, -0.25) is 9.52 Å². The van der Waals surface area contributed by atoms with Gasteiger partial charge < -0.3 is 10.3 Å². The number of anilines is 1. The van der Waals surface area contributed by atoms with Gasteiger partial charge in [0.25, 0.3) is 10.0 Å². The second-order valence-electron chi connectivity index (χ2n) is 5.96. The lowest BCUT2D eigenvalue weighted by atomic mass is 10.1. The van der Waals surface area contributed by atoms with Gasteiger partial charge in [0.2, 0.25) is 5.91 Å². The molecule has 0 saturated carbocycles. The van der Waals surface area contributed by atoms with Crippen LogP contribution in [-0.2, 0) is 21.2 Å². The molecular formula is C18H17Cl2N3O3S. The fourth-order valence-corrected chi connectivity index (χ4v) is 4.31. The van der Waals surface area contributed by atoms with E-state index in [0.29, 0.717) is 39.6 Å². The largest absolute Gasteiger partial charge is 0.358 e. The van der Waals surface area contributed by atoms with E-state index >= 15 is 0 Å². The summed E-state index contributed by atoms with van der Waals surface area (Å²) in [6.45, 7) is 1.95. The van der Waals surface area contributed by atoms with E-state index in [0.717, 1.165) is 5.56 Å². The molecule has 0 aliphatic heterocycles. The van der Waals surface area contributed by atoms with Crippen LogP contribution < -0.4 is 10.0 Å². The van der Waals surface area contributed by atoms with E-state index in [1.807, 2.05) is 0 Å². The Morgan fingerprint density at radius 1 is 1.07 bits per heavy atom. The van der Waals surface area contributed by atoms with Crippen LogP contribution in [0.4, 0.5) is 5.69 Å². The van der Waals surface area contributed by atoms with E-state index in [4.69, 9.17) is 23.2 Å². The van der Waals surface area contributed by atoms with Crippen LogP contribution in [0.1, 0.15) is 12.5 Å². The Balaban J connectivity index is 1.81. The van der Waals surface area contributed by atoms with Gasteiger partial charge in [0.1, 0.15) is 0 Å². The second-order valence-corrected chi connectivity index (χ2v) is 8.46. The normalized spacial score (nSPS) is 11.5. The highest BCUT2D eigenvalue weighted by Gasteiger charge is 2.18. The van der Waals surface area contributed by atoms with Gasteiger partial charge in [-0.15, -0.1) is 0 Å². The highest BCUT2D eigenvalue weighted by molar-refractivity contribution is 7.92. The Kier molecular flexibility index (Phi) is 5.64. The van der Waals surface area contributed by atoms with Crippen LogP contribution in [0.25, 0.3) is 10.9 Å². The third-order valence-electron chi connectivity index (χ3n) is 4.00.